The van der Waals surface area contributed by atoms with Gasteiger partial charge >= 0.3 is 0 Å². The van der Waals surface area contributed by atoms with E-state index in [2.05, 4.69) is 38.1 Å². The summed E-state index contributed by atoms with van der Waals surface area (Å²) in [5.74, 6) is 2.01. The van der Waals surface area contributed by atoms with E-state index in [1.807, 2.05) is 11.8 Å². The summed E-state index contributed by atoms with van der Waals surface area (Å²) in [6.45, 7) is 5.17. The molecule has 0 radical (unpaired) electrons. The molecule has 14 heavy (non-hydrogen) atoms. The molecule has 0 heterocycles. The Morgan fingerprint density at radius 2 is 1.93 bits per heavy atom. The fraction of sp³-hybridized carbons (Fsp3) is 0.500. The Hall–Kier alpha value is -0.470. The molecule has 78 valence electrons. The molecular formula is C12H19NS. The van der Waals surface area contributed by atoms with Crippen molar-refractivity contribution in [3.63, 3.8) is 0 Å². The lowest BCUT2D eigenvalue weighted by Crippen LogP contribution is -1.96. The molecule has 0 aliphatic rings. The standard InChI is InChI=1S/C12H19NS/c1-3-10(2)9-14-12-6-4-11(8-13)5-7-12/h4-7,10H,3,8-9,13H2,1-2H3. The molecule has 1 aromatic carbocycles. The van der Waals surface area contributed by atoms with Gasteiger partial charge in [0.1, 0.15) is 0 Å². The van der Waals surface area contributed by atoms with Gasteiger partial charge in [-0.15, -0.1) is 11.8 Å². The van der Waals surface area contributed by atoms with Crippen LogP contribution in [0.4, 0.5) is 0 Å². The number of rotatable bonds is 5. The van der Waals surface area contributed by atoms with E-state index in [4.69, 9.17) is 5.73 Å². The van der Waals surface area contributed by atoms with Gasteiger partial charge in [-0.3, -0.25) is 0 Å². The van der Waals surface area contributed by atoms with E-state index in [0.29, 0.717) is 6.54 Å². The Balaban J connectivity index is 2.43. The van der Waals surface area contributed by atoms with Gasteiger partial charge in [-0.1, -0.05) is 32.4 Å². The molecule has 0 saturated carbocycles. The van der Waals surface area contributed by atoms with Gasteiger partial charge in [-0.2, -0.15) is 0 Å². The summed E-state index contributed by atoms with van der Waals surface area (Å²) in [6, 6.07) is 8.54. The number of nitrogens with two attached hydrogens (primary N) is 1. The van der Waals surface area contributed by atoms with Crippen molar-refractivity contribution in [3.05, 3.63) is 29.8 Å². The minimum absolute atomic E-state index is 0.635. The SMILES string of the molecule is CCC(C)CSc1ccc(CN)cc1. The molecule has 0 aliphatic heterocycles. The molecule has 0 fully saturated rings. The largest absolute Gasteiger partial charge is 0.326 e. The molecule has 0 aromatic heterocycles. The van der Waals surface area contributed by atoms with Gasteiger partial charge in [0.2, 0.25) is 0 Å². The van der Waals surface area contributed by atoms with E-state index in [1.165, 1.54) is 22.6 Å². The van der Waals surface area contributed by atoms with Crippen LogP contribution in [-0.4, -0.2) is 5.75 Å². The molecule has 1 rings (SSSR count). The fourth-order valence-corrected chi connectivity index (χ4v) is 2.12. The summed E-state index contributed by atoms with van der Waals surface area (Å²) in [5, 5.41) is 0. The smallest absolute Gasteiger partial charge is 0.0178 e. The van der Waals surface area contributed by atoms with Gasteiger partial charge in [0, 0.05) is 17.2 Å². The second-order valence-corrected chi connectivity index (χ2v) is 4.77. The zero-order valence-electron chi connectivity index (χ0n) is 8.99. The number of hydrogen-bond donors (Lipinski definition) is 1. The van der Waals surface area contributed by atoms with Crippen molar-refractivity contribution in [3.8, 4) is 0 Å². The average molecular weight is 209 g/mol. The lowest BCUT2D eigenvalue weighted by Gasteiger charge is -2.07. The van der Waals surface area contributed by atoms with Crippen LogP contribution in [-0.2, 0) is 6.54 Å². The van der Waals surface area contributed by atoms with Crippen LogP contribution >= 0.6 is 11.8 Å². The maximum absolute atomic E-state index is 5.54. The summed E-state index contributed by atoms with van der Waals surface area (Å²) in [7, 11) is 0. The summed E-state index contributed by atoms with van der Waals surface area (Å²) >= 11 is 1.93. The lowest BCUT2D eigenvalue weighted by atomic mass is 10.2. The van der Waals surface area contributed by atoms with Crippen LogP contribution in [0.5, 0.6) is 0 Å². The third-order valence-corrected chi connectivity index (χ3v) is 3.73. The molecular weight excluding hydrogens is 190 g/mol. The molecule has 0 saturated heterocycles. The third kappa shape index (κ3) is 3.72. The number of benzene rings is 1. The van der Waals surface area contributed by atoms with Crippen molar-refractivity contribution in [1.29, 1.82) is 0 Å². The average Bonchev–Trinajstić information content (AvgIpc) is 2.26. The summed E-state index contributed by atoms with van der Waals surface area (Å²) < 4.78 is 0. The van der Waals surface area contributed by atoms with Crippen LogP contribution in [0.1, 0.15) is 25.8 Å². The molecule has 2 heteroatoms. The topological polar surface area (TPSA) is 26.0 Å². The first-order valence-corrected chi connectivity index (χ1v) is 6.16. The molecule has 1 atom stereocenters. The summed E-state index contributed by atoms with van der Waals surface area (Å²) in [4.78, 5) is 1.35. The van der Waals surface area contributed by atoms with Crippen molar-refractivity contribution in [2.45, 2.75) is 31.7 Å². The molecule has 0 amide bonds. The lowest BCUT2D eigenvalue weighted by molar-refractivity contribution is 0.637. The molecule has 1 unspecified atom stereocenters. The Morgan fingerprint density at radius 3 is 2.43 bits per heavy atom. The minimum Gasteiger partial charge on any atom is -0.326 e. The first kappa shape index (κ1) is 11.6. The molecule has 0 bridgehead atoms. The first-order valence-electron chi connectivity index (χ1n) is 5.18. The molecule has 1 aromatic rings. The minimum atomic E-state index is 0.635. The Morgan fingerprint density at radius 1 is 1.29 bits per heavy atom. The van der Waals surface area contributed by atoms with Gasteiger partial charge in [0.15, 0.2) is 0 Å². The monoisotopic (exact) mass is 209 g/mol. The van der Waals surface area contributed by atoms with Crippen molar-refractivity contribution in [2.75, 3.05) is 5.75 Å². The van der Waals surface area contributed by atoms with Crippen LogP contribution in [0, 0.1) is 5.92 Å². The molecule has 1 nitrogen and oxygen atoms in total. The highest BCUT2D eigenvalue weighted by Crippen LogP contribution is 2.21. The van der Waals surface area contributed by atoms with Crippen molar-refractivity contribution in [1.82, 2.24) is 0 Å². The van der Waals surface area contributed by atoms with E-state index < -0.39 is 0 Å². The van der Waals surface area contributed by atoms with E-state index >= 15 is 0 Å². The fourth-order valence-electron chi connectivity index (χ4n) is 1.08. The van der Waals surface area contributed by atoms with Crippen LogP contribution in [0.3, 0.4) is 0 Å². The van der Waals surface area contributed by atoms with Gasteiger partial charge in [-0.25, -0.2) is 0 Å². The van der Waals surface area contributed by atoms with Crippen molar-refractivity contribution < 1.29 is 0 Å². The van der Waals surface area contributed by atoms with Crippen LogP contribution in [0.2, 0.25) is 0 Å². The quantitative estimate of drug-likeness (QED) is 0.753. The zero-order chi connectivity index (χ0) is 10.4. The number of thioether (sulfide) groups is 1. The highest BCUT2D eigenvalue weighted by atomic mass is 32.2. The summed E-state index contributed by atoms with van der Waals surface area (Å²) in [5.41, 5.74) is 6.74. The third-order valence-electron chi connectivity index (χ3n) is 2.39. The van der Waals surface area contributed by atoms with Gasteiger partial charge in [0.25, 0.3) is 0 Å². The number of hydrogen-bond acceptors (Lipinski definition) is 2. The second-order valence-electron chi connectivity index (χ2n) is 3.67. The molecule has 0 spiro atoms. The highest BCUT2D eigenvalue weighted by Gasteiger charge is 2.00. The Kier molecular flexibility index (Phi) is 5.05. The van der Waals surface area contributed by atoms with Gasteiger partial charge < -0.3 is 5.73 Å². The van der Waals surface area contributed by atoms with Crippen molar-refractivity contribution in [2.24, 2.45) is 11.7 Å². The van der Waals surface area contributed by atoms with Crippen molar-refractivity contribution >= 4 is 11.8 Å². The van der Waals surface area contributed by atoms with Crippen LogP contribution in [0.25, 0.3) is 0 Å². The van der Waals surface area contributed by atoms with E-state index in [1.54, 1.807) is 0 Å². The Labute approximate surface area is 91.1 Å². The summed E-state index contributed by atoms with van der Waals surface area (Å²) in [6.07, 6.45) is 1.26. The highest BCUT2D eigenvalue weighted by molar-refractivity contribution is 7.99. The maximum atomic E-state index is 5.54. The van der Waals surface area contributed by atoms with E-state index in [-0.39, 0.29) is 0 Å². The first-order chi connectivity index (χ1) is 6.76. The molecule has 0 aliphatic carbocycles. The van der Waals surface area contributed by atoms with E-state index in [0.717, 1.165) is 5.92 Å². The van der Waals surface area contributed by atoms with Crippen LogP contribution in [0.15, 0.2) is 29.2 Å². The maximum Gasteiger partial charge on any atom is 0.0178 e. The zero-order valence-corrected chi connectivity index (χ0v) is 9.81. The van der Waals surface area contributed by atoms with E-state index in [9.17, 15) is 0 Å². The second kappa shape index (κ2) is 6.10. The molecule has 2 N–H and O–H groups in total. The predicted octanol–water partition coefficient (Wildman–Crippen LogP) is 3.28. The normalized spacial score (nSPS) is 12.8. The Bertz CT molecular complexity index is 256. The van der Waals surface area contributed by atoms with Crippen LogP contribution < -0.4 is 5.73 Å². The van der Waals surface area contributed by atoms with Gasteiger partial charge in [-0.05, 0) is 23.6 Å². The van der Waals surface area contributed by atoms with Gasteiger partial charge in [0.05, 0.1) is 0 Å². The predicted molar refractivity (Wildman–Crippen MR) is 64.5 cm³/mol.